The summed E-state index contributed by atoms with van der Waals surface area (Å²) in [6.07, 6.45) is 5.19. The Kier molecular flexibility index (Phi) is 3.40. The molecule has 1 rings (SSSR count). The van der Waals surface area contributed by atoms with Crippen molar-refractivity contribution < 1.29 is 4.79 Å². The Bertz CT molecular complexity index is 342. The molecule has 0 saturated carbocycles. The van der Waals surface area contributed by atoms with E-state index < -0.39 is 0 Å². The first-order valence-electron chi connectivity index (χ1n) is 4.41. The normalized spacial score (nSPS) is 11.2. The first kappa shape index (κ1) is 10.4. The number of carbonyl (C=O) groups excluding carboxylic acids is 1. The molecule has 0 aromatic carbocycles. The molecule has 1 heterocycles. The molecule has 0 saturated heterocycles. The van der Waals surface area contributed by atoms with Crippen molar-refractivity contribution in [2.24, 2.45) is 0 Å². The highest BCUT2D eigenvalue weighted by Crippen LogP contribution is 2.13. The van der Waals surface area contributed by atoms with E-state index in [4.69, 9.17) is 0 Å². The second kappa shape index (κ2) is 4.56. The lowest BCUT2D eigenvalue weighted by molar-refractivity contribution is -0.111. The number of hydrogen-bond acceptors (Lipinski definition) is 3. The van der Waals surface area contributed by atoms with E-state index in [2.05, 4.69) is 4.98 Å². The van der Waals surface area contributed by atoms with Crippen LogP contribution in [0.3, 0.4) is 0 Å². The van der Waals surface area contributed by atoms with Crippen LogP contribution in [0.2, 0.25) is 0 Å². The van der Waals surface area contributed by atoms with Gasteiger partial charge >= 0.3 is 0 Å². The third kappa shape index (κ3) is 2.69. The van der Waals surface area contributed by atoms with E-state index >= 15 is 0 Å². The Morgan fingerprint density at radius 2 is 2.21 bits per heavy atom. The number of carbonyl (C=O) groups is 1. The maximum absolute atomic E-state index is 11.4. The van der Waals surface area contributed by atoms with Gasteiger partial charge in [0.05, 0.1) is 0 Å². The highest BCUT2D eigenvalue weighted by Gasteiger charge is 2.06. The number of ketones is 1. The van der Waals surface area contributed by atoms with E-state index in [1.54, 1.807) is 25.5 Å². The van der Waals surface area contributed by atoms with E-state index in [-0.39, 0.29) is 5.78 Å². The molecule has 3 nitrogen and oxygen atoms in total. The van der Waals surface area contributed by atoms with Crippen molar-refractivity contribution >= 4 is 11.4 Å². The third-order valence-electron chi connectivity index (χ3n) is 1.74. The average Bonchev–Trinajstić information content (AvgIpc) is 2.15. The smallest absolute Gasteiger partial charge is 0.161 e. The quantitative estimate of drug-likeness (QED) is 0.678. The first-order valence-corrected chi connectivity index (χ1v) is 4.41. The number of Topliss-reactive ketones (excluding diaryl/α,β-unsaturated/α-hetero) is 1. The van der Waals surface area contributed by atoms with Crippen molar-refractivity contribution in [3.63, 3.8) is 0 Å². The van der Waals surface area contributed by atoms with Gasteiger partial charge in [-0.1, -0.05) is 6.07 Å². The van der Waals surface area contributed by atoms with Gasteiger partial charge in [0.1, 0.15) is 0 Å². The van der Waals surface area contributed by atoms with Gasteiger partial charge in [0.15, 0.2) is 5.78 Å². The second-order valence-electron chi connectivity index (χ2n) is 3.30. The van der Waals surface area contributed by atoms with Crippen LogP contribution in [-0.2, 0) is 4.79 Å². The topological polar surface area (TPSA) is 33.2 Å². The molecular formula is C11H14N2O. The molecule has 0 amide bonds. The van der Waals surface area contributed by atoms with Gasteiger partial charge in [-0.05, 0) is 13.0 Å². The number of aromatic nitrogens is 1. The largest absolute Gasteiger partial charge is 0.383 e. The second-order valence-corrected chi connectivity index (χ2v) is 3.30. The predicted molar refractivity (Wildman–Crippen MR) is 56.6 cm³/mol. The molecule has 0 bridgehead atoms. The molecule has 0 fully saturated rings. The molecule has 1 aromatic heterocycles. The number of pyridine rings is 1. The van der Waals surface area contributed by atoms with Crippen molar-refractivity contribution in [3.05, 3.63) is 36.3 Å². The van der Waals surface area contributed by atoms with Crippen LogP contribution in [0.5, 0.6) is 0 Å². The molecule has 0 unspecified atom stereocenters. The summed E-state index contributed by atoms with van der Waals surface area (Å²) in [5.41, 5.74) is 1.54. The van der Waals surface area contributed by atoms with Crippen LogP contribution in [0.1, 0.15) is 12.5 Å². The van der Waals surface area contributed by atoms with Gasteiger partial charge in [0.2, 0.25) is 0 Å². The molecule has 0 atom stereocenters. The number of nitrogens with zero attached hydrogens (tertiary/aromatic N) is 2. The summed E-state index contributed by atoms with van der Waals surface area (Å²) >= 11 is 0. The van der Waals surface area contributed by atoms with Gasteiger partial charge in [0, 0.05) is 43.8 Å². The van der Waals surface area contributed by atoms with Crippen molar-refractivity contribution in [1.82, 2.24) is 9.88 Å². The Labute approximate surface area is 84.1 Å². The van der Waals surface area contributed by atoms with E-state index in [0.29, 0.717) is 5.57 Å². The van der Waals surface area contributed by atoms with E-state index in [1.165, 1.54) is 0 Å². The molecule has 0 aliphatic rings. The van der Waals surface area contributed by atoms with Gasteiger partial charge in [-0.25, -0.2) is 0 Å². The summed E-state index contributed by atoms with van der Waals surface area (Å²) in [6.45, 7) is 1.56. The molecule has 0 N–H and O–H groups in total. The van der Waals surface area contributed by atoms with Crippen LogP contribution < -0.4 is 0 Å². The van der Waals surface area contributed by atoms with Crippen LogP contribution in [0.4, 0.5) is 0 Å². The standard InChI is InChI=1S/C11H14N2O/c1-9(14)11(8-13(2)3)10-5-4-6-12-7-10/h4-8H,1-3H3. The fraction of sp³-hybridized carbons (Fsp3) is 0.273. The van der Waals surface area contributed by atoms with Crippen LogP contribution in [0.15, 0.2) is 30.7 Å². The molecule has 0 radical (unpaired) electrons. The maximum Gasteiger partial charge on any atom is 0.161 e. The van der Waals surface area contributed by atoms with Gasteiger partial charge in [-0.2, -0.15) is 0 Å². The van der Waals surface area contributed by atoms with Crippen LogP contribution in [0, 0.1) is 0 Å². The zero-order valence-electron chi connectivity index (χ0n) is 8.69. The molecule has 0 spiro atoms. The zero-order valence-corrected chi connectivity index (χ0v) is 8.69. The highest BCUT2D eigenvalue weighted by atomic mass is 16.1. The summed E-state index contributed by atoms with van der Waals surface area (Å²) in [5, 5.41) is 0. The predicted octanol–water partition coefficient (Wildman–Crippen LogP) is 1.57. The maximum atomic E-state index is 11.4. The Hall–Kier alpha value is -1.64. The SMILES string of the molecule is CC(=O)C(=CN(C)C)c1cccnc1. The van der Waals surface area contributed by atoms with Crippen LogP contribution in [0.25, 0.3) is 5.57 Å². The highest BCUT2D eigenvalue weighted by molar-refractivity contribution is 6.19. The van der Waals surface area contributed by atoms with Crippen LogP contribution in [-0.4, -0.2) is 29.8 Å². The summed E-state index contributed by atoms with van der Waals surface area (Å²) < 4.78 is 0. The molecule has 74 valence electrons. The number of rotatable bonds is 3. The Morgan fingerprint density at radius 3 is 2.64 bits per heavy atom. The van der Waals surface area contributed by atoms with Gasteiger partial charge in [-0.3, -0.25) is 9.78 Å². The van der Waals surface area contributed by atoms with E-state index in [0.717, 1.165) is 5.56 Å². The van der Waals surface area contributed by atoms with Crippen LogP contribution >= 0.6 is 0 Å². The fourth-order valence-electron chi connectivity index (χ4n) is 1.15. The van der Waals surface area contributed by atoms with Gasteiger partial charge in [-0.15, -0.1) is 0 Å². The Balaban J connectivity index is 3.08. The minimum Gasteiger partial charge on any atom is -0.383 e. The zero-order chi connectivity index (χ0) is 10.6. The van der Waals surface area contributed by atoms with Crippen molar-refractivity contribution in [3.8, 4) is 0 Å². The molecule has 1 aromatic rings. The van der Waals surface area contributed by atoms with Crippen molar-refractivity contribution in [2.75, 3.05) is 14.1 Å². The monoisotopic (exact) mass is 190 g/mol. The molecule has 3 heteroatoms. The number of hydrogen-bond donors (Lipinski definition) is 0. The Morgan fingerprint density at radius 1 is 1.50 bits per heavy atom. The summed E-state index contributed by atoms with van der Waals surface area (Å²) in [7, 11) is 3.78. The van der Waals surface area contributed by atoms with E-state index in [1.807, 2.05) is 31.1 Å². The lowest BCUT2D eigenvalue weighted by atomic mass is 10.1. The van der Waals surface area contributed by atoms with Crippen molar-refractivity contribution in [1.29, 1.82) is 0 Å². The molecule has 14 heavy (non-hydrogen) atoms. The summed E-state index contributed by atoms with van der Waals surface area (Å²) in [5.74, 6) is 0.0479. The third-order valence-corrected chi connectivity index (χ3v) is 1.74. The lowest BCUT2D eigenvalue weighted by Crippen LogP contribution is -2.06. The minimum atomic E-state index is 0.0479. The minimum absolute atomic E-state index is 0.0479. The lowest BCUT2D eigenvalue weighted by Gasteiger charge is -2.09. The molecule has 0 aliphatic heterocycles. The summed E-state index contributed by atoms with van der Waals surface area (Å²) in [6, 6.07) is 3.70. The fourth-order valence-corrected chi connectivity index (χ4v) is 1.15. The van der Waals surface area contributed by atoms with Gasteiger partial charge in [0.25, 0.3) is 0 Å². The number of allylic oxidation sites excluding steroid dienone is 1. The molecular weight excluding hydrogens is 176 g/mol. The van der Waals surface area contributed by atoms with E-state index in [9.17, 15) is 4.79 Å². The first-order chi connectivity index (χ1) is 6.61. The summed E-state index contributed by atoms with van der Waals surface area (Å²) in [4.78, 5) is 17.2. The average molecular weight is 190 g/mol. The van der Waals surface area contributed by atoms with Gasteiger partial charge < -0.3 is 4.90 Å². The van der Waals surface area contributed by atoms with Crippen molar-refractivity contribution in [2.45, 2.75) is 6.92 Å². The molecule has 0 aliphatic carbocycles.